The quantitative estimate of drug-likeness (QED) is 0.695. The number of likely N-dealkylation sites (N-methyl/N-ethyl adjacent to an activating group) is 1. The van der Waals surface area contributed by atoms with E-state index in [0.717, 1.165) is 24.4 Å². The number of imide groups is 1. The Morgan fingerprint density at radius 1 is 1.38 bits per heavy atom. The van der Waals surface area contributed by atoms with E-state index in [1.165, 1.54) is 0 Å². The van der Waals surface area contributed by atoms with E-state index in [1.54, 1.807) is 11.9 Å². The molecule has 4 amide bonds. The Bertz CT molecular complexity index is 442. The van der Waals surface area contributed by atoms with Crippen LogP contribution in [0.1, 0.15) is 33.1 Å². The number of carbonyl (C=O) groups is 3. The molecule has 0 aromatic carbocycles. The van der Waals surface area contributed by atoms with Gasteiger partial charge in [0.05, 0.1) is 0 Å². The molecule has 2 N–H and O–H groups in total. The van der Waals surface area contributed by atoms with E-state index in [4.69, 9.17) is 0 Å². The summed E-state index contributed by atoms with van der Waals surface area (Å²) in [4.78, 5) is 39.4. The first kappa shape index (κ1) is 15.8. The smallest absolute Gasteiger partial charge is 0.325 e. The summed E-state index contributed by atoms with van der Waals surface area (Å²) < 4.78 is 0. The molecule has 0 bridgehead atoms. The largest absolute Gasteiger partial charge is 0.340 e. The number of amides is 4. The van der Waals surface area contributed by atoms with Crippen molar-refractivity contribution in [2.75, 3.05) is 26.7 Å². The maximum Gasteiger partial charge on any atom is 0.325 e. The monoisotopic (exact) mass is 296 g/mol. The molecule has 2 rings (SSSR count). The SMILES string of the molecule is CCC1(CC)NC(=O)N(CC(=O)N(C)C2CCNC2)C1=O. The van der Waals surface area contributed by atoms with Crippen LogP contribution in [0.3, 0.4) is 0 Å². The fourth-order valence-corrected chi connectivity index (χ4v) is 2.97. The molecule has 118 valence electrons. The highest BCUT2D eigenvalue weighted by Crippen LogP contribution is 2.24. The second-order valence-corrected chi connectivity index (χ2v) is 5.76. The average molecular weight is 296 g/mol. The fraction of sp³-hybridized carbons (Fsp3) is 0.786. The van der Waals surface area contributed by atoms with Gasteiger partial charge in [0.15, 0.2) is 0 Å². The van der Waals surface area contributed by atoms with Crippen molar-refractivity contribution < 1.29 is 14.4 Å². The number of rotatable bonds is 5. The van der Waals surface area contributed by atoms with E-state index in [0.29, 0.717) is 12.8 Å². The van der Waals surface area contributed by atoms with Gasteiger partial charge in [0.2, 0.25) is 5.91 Å². The van der Waals surface area contributed by atoms with Crippen molar-refractivity contribution in [2.24, 2.45) is 0 Å². The van der Waals surface area contributed by atoms with E-state index in [-0.39, 0.29) is 24.4 Å². The molecule has 7 heteroatoms. The van der Waals surface area contributed by atoms with Crippen LogP contribution in [-0.4, -0.2) is 65.9 Å². The molecule has 21 heavy (non-hydrogen) atoms. The predicted molar refractivity (Wildman–Crippen MR) is 77.6 cm³/mol. The number of urea groups is 1. The highest BCUT2D eigenvalue weighted by molar-refractivity contribution is 6.08. The molecule has 2 fully saturated rings. The van der Waals surface area contributed by atoms with Gasteiger partial charge in [0.25, 0.3) is 5.91 Å². The summed E-state index contributed by atoms with van der Waals surface area (Å²) in [6.45, 7) is 5.20. The number of nitrogens with zero attached hydrogens (tertiary/aromatic N) is 2. The van der Waals surface area contributed by atoms with E-state index in [1.807, 2.05) is 13.8 Å². The zero-order valence-corrected chi connectivity index (χ0v) is 12.9. The Kier molecular flexibility index (Phi) is 4.51. The van der Waals surface area contributed by atoms with Gasteiger partial charge in [-0.3, -0.25) is 14.5 Å². The molecule has 2 aliphatic rings. The van der Waals surface area contributed by atoms with Crippen molar-refractivity contribution in [3.63, 3.8) is 0 Å². The van der Waals surface area contributed by atoms with Gasteiger partial charge in [-0.2, -0.15) is 0 Å². The maximum absolute atomic E-state index is 12.4. The Morgan fingerprint density at radius 3 is 2.52 bits per heavy atom. The first-order chi connectivity index (χ1) is 9.95. The molecule has 1 unspecified atom stereocenters. The lowest BCUT2D eigenvalue weighted by molar-refractivity contribution is -0.139. The molecule has 7 nitrogen and oxygen atoms in total. The third-order valence-corrected chi connectivity index (χ3v) is 4.72. The summed E-state index contributed by atoms with van der Waals surface area (Å²) in [5.74, 6) is -0.487. The lowest BCUT2D eigenvalue weighted by atomic mass is 9.93. The first-order valence-corrected chi connectivity index (χ1v) is 7.55. The van der Waals surface area contributed by atoms with Crippen LogP contribution in [0.5, 0.6) is 0 Å². The van der Waals surface area contributed by atoms with Crippen LogP contribution in [0.25, 0.3) is 0 Å². The minimum Gasteiger partial charge on any atom is -0.340 e. The van der Waals surface area contributed by atoms with E-state index >= 15 is 0 Å². The molecule has 0 saturated carbocycles. The summed E-state index contributed by atoms with van der Waals surface area (Å²) in [6, 6.07) is -0.324. The second kappa shape index (κ2) is 6.01. The Balaban J connectivity index is 2.03. The van der Waals surface area contributed by atoms with Crippen molar-refractivity contribution >= 4 is 17.8 Å². The normalized spacial score (nSPS) is 24.3. The van der Waals surface area contributed by atoms with E-state index in [2.05, 4.69) is 10.6 Å². The van der Waals surface area contributed by atoms with Crippen LogP contribution in [-0.2, 0) is 9.59 Å². The number of hydrogen-bond donors (Lipinski definition) is 2. The molecule has 0 spiro atoms. The summed E-state index contributed by atoms with van der Waals surface area (Å²) in [5, 5.41) is 5.93. The van der Waals surface area contributed by atoms with E-state index < -0.39 is 11.6 Å². The first-order valence-electron chi connectivity index (χ1n) is 7.55. The van der Waals surface area contributed by atoms with Gasteiger partial charge in [-0.1, -0.05) is 13.8 Å². The van der Waals surface area contributed by atoms with Crippen molar-refractivity contribution in [1.29, 1.82) is 0 Å². The molecule has 1 atom stereocenters. The summed E-state index contributed by atoms with van der Waals surface area (Å²) in [5.41, 5.74) is -0.842. The maximum atomic E-state index is 12.4. The van der Waals surface area contributed by atoms with Gasteiger partial charge in [0, 0.05) is 19.6 Å². The number of carbonyl (C=O) groups excluding carboxylic acids is 3. The van der Waals surface area contributed by atoms with Crippen LogP contribution in [0.2, 0.25) is 0 Å². The summed E-state index contributed by atoms with van der Waals surface area (Å²) in [7, 11) is 1.73. The number of hydrogen-bond acceptors (Lipinski definition) is 4. The van der Waals surface area contributed by atoms with Crippen LogP contribution in [0.15, 0.2) is 0 Å². The molecular weight excluding hydrogens is 272 g/mol. The van der Waals surface area contributed by atoms with Crippen molar-refractivity contribution in [1.82, 2.24) is 20.4 Å². The molecule has 0 aliphatic carbocycles. The lowest BCUT2D eigenvalue weighted by Gasteiger charge is -2.26. The second-order valence-electron chi connectivity index (χ2n) is 5.76. The molecule has 2 heterocycles. The van der Waals surface area contributed by atoms with Crippen LogP contribution in [0, 0.1) is 0 Å². The lowest BCUT2D eigenvalue weighted by Crippen LogP contribution is -2.48. The third-order valence-electron chi connectivity index (χ3n) is 4.72. The predicted octanol–water partition coefficient (Wildman–Crippen LogP) is -0.0827. The fourth-order valence-electron chi connectivity index (χ4n) is 2.97. The molecule has 0 aromatic heterocycles. The van der Waals surface area contributed by atoms with Crippen molar-refractivity contribution in [3.8, 4) is 0 Å². The minimum atomic E-state index is -0.842. The third kappa shape index (κ3) is 2.74. The standard InChI is InChI=1S/C14H24N4O3/c1-4-14(5-2)12(20)18(13(21)16-14)9-11(19)17(3)10-6-7-15-8-10/h10,15H,4-9H2,1-3H3,(H,16,21). The van der Waals surface area contributed by atoms with Crippen LogP contribution >= 0.6 is 0 Å². The number of nitrogens with one attached hydrogen (secondary N) is 2. The summed E-state index contributed by atoms with van der Waals surface area (Å²) in [6.07, 6.45) is 1.96. The highest BCUT2D eigenvalue weighted by atomic mass is 16.2. The molecule has 0 aromatic rings. The van der Waals surface area contributed by atoms with Gasteiger partial charge in [-0.05, 0) is 25.8 Å². The molecule has 2 saturated heterocycles. The Labute approximate surface area is 125 Å². The average Bonchev–Trinajstić information content (AvgIpc) is 3.09. The van der Waals surface area contributed by atoms with Gasteiger partial charge in [-0.25, -0.2) is 4.79 Å². The minimum absolute atomic E-state index is 0.139. The topological polar surface area (TPSA) is 81.8 Å². The zero-order chi connectivity index (χ0) is 15.6. The van der Waals surface area contributed by atoms with Crippen LogP contribution < -0.4 is 10.6 Å². The molecule has 0 radical (unpaired) electrons. The Hall–Kier alpha value is -1.63. The Morgan fingerprint density at radius 2 is 2.05 bits per heavy atom. The van der Waals surface area contributed by atoms with Gasteiger partial charge >= 0.3 is 6.03 Å². The van der Waals surface area contributed by atoms with Crippen molar-refractivity contribution in [2.45, 2.75) is 44.7 Å². The van der Waals surface area contributed by atoms with E-state index in [9.17, 15) is 14.4 Å². The molecule has 2 aliphatic heterocycles. The summed E-state index contributed by atoms with van der Waals surface area (Å²) >= 11 is 0. The van der Waals surface area contributed by atoms with Crippen LogP contribution in [0.4, 0.5) is 4.79 Å². The molecular formula is C14H24N4O3. The van der Waals surface area contributed by atoms with Gasteiger partial charge < -0.3 is 15.5 Å². The van der Waals surface area contributed by atoms with Crippen molar-refractivity contribution in [3.05, 3.63) is 0 Å². The highest BCUT2D eigenvalue weighted by Gasteiger charge is 2.49. The van der Waals surface area contributed by atoms with Gasteiger partial charge in [0.1, 0.15) is 12.1 Å². The zero-order valence-electron chi connectivity index (χ0n) is 12.9. The van der Waals surface area contributed by atoms with Gasteiger partial charge in [-0.15, -0.1) is 0 Å².